The van der Waals surface area contributed by atoms with E-state index in [1.165, 1.54) is 5.56 Å². The zero-order valence-corrected chi connectivity index (χ0v) is 19.2. The molecule has 164 valence electrons. The summed E-state index contributed by atoms with van der Waals surface area (Å²) in [6.07, 6.45) is 2.95. The van der Waals surface area contributed by atoms with E-state index in [0.717, 1.165) is 60.9 Å². The summed E-state index contributed by atoms with van der Waals surface area (Å²) in [6.45, 7) is 8.91. The highest BCUT2D eigenvalue weighted by Gasteiger charge is 2.27. The summed E-state index contributed by atoms with van der Waals surface area (Å²) in [5, 5.41) is 4.66. The smallest absolute Gasteiger partial charge is 0.231 e. The van der Waals surface area contributed by atoms with Crippen molar-refractivity contribution in [3.05, 3.63) is 69.6 Å². The van der Waals surface area contributed by atoms with E-state index in [1.54, 1.807) is 0 Å². The van der Waals surface area contributed by atoms with Gasteiger partial charge in [-0.25, -0.2) is 0 Å². The largest absolute Gasteiger partial charge is 0.348 e. The number of Topliss-reactive ketones (excluding diaryl/α,β-unsaturated/α-hetero) is 1. The second-order valence-electron chi connectivity index (χ2n) is 8.49. The van der Waals surface area contributed by atoms with Crippen molar-refractivity contribution in [1.82, 2.24) is 19.6 Å². The summed E-state index contributed by atoms with van der Waals surface area (Å²) < 4.78 is 7.60. The SMILES string of the molecule is Cc1noc(C2CCCN(CC(=O)c3cc(C)n(CCc4ccc(Cl)cc4)c3C)C2)n1. The number of benzene rings is 1. The summed E-state index contributed by atoms with van der Waals surface area (Å²) in [7, 11) is 0. The van der Waals surface area contributed by atoms with Gasteiger partial charge in [-0.05, 0) is 70.3 Å². The number of likely N-dealkylation sites (tertiary alicyclic amines) is 1. The third kappa shape index (κ3) is 5.08. The number of hydrogen-bond acceptors (Lipinski definition) is 5. The van der Waals surface area contributed by atoms with Crippen LogP contribution in [-0.4, -0.2) is 45.0 Å². The zero-order valence-electron chi connectivity index (χ0n) is 18.4. The summed E-state index contributed by atoms with van der Waals surface area (Å²) in [5.41, 5.74) is 4.22. The number of aryl methyl sites for hydroxylation is 3. The Morgan fingerprint density at radius 3 is 2.71 bits per heavy atom. The van der Waals surface area contributed by atoms with Crippen LogP contribution in [0.3, 0.4) is 0 Å². The fraction of sp³-hybridized carbons (Fsp3) is 0.458. The van der Waals surface area contributed by atoms with Crippen LogP contribution in [0.1, 0.15) is 57.8 Å². The van der Waals surface area contributed by atoms with E-state index < -0.39 is 0 Å². The Hall–Kier alpha value is -2.44. The molecule has 1 unspecified atom stereocenters. The van der Waals surface area contributed by atoms with Crippen molar-refractivity contribution in [2.24, 2.45) is 0 Å². The van der Waals surface area contributed by atoms with Gasteiger partial charge in [-0.2, -0.15) is 4.98 Å². The molecule has 1 saturated heterocycles. The number of aromatic nitrogens is 3. The number of halogens is 1. The van der Waals surface area contributed by atoms with Gasteiger partial charge in [-0.3, -0.25) is 9.69 Å². The summed E-state index contributed by atoms with van der Waals surface area (Å²) in [5.74, 6) is 1.73. The molecule has 0 bridgehead atoms. The topological polar surface area (TPSA) is 64.2 Å². The van der Waals surface area contributed by atoms with Gasteiger partial charge >= 0.3 is 0 Å². The minimum absolute atomic E-state index is 0.174. The van der Waals surface area contributed by atoms with Crippen LogP contribution in [0.15, 0.2) is 34.9 Å². The molecule has 4 rings (SSSR count). The van der Waals surface area contributed by atoms with Crippen LogP contribution in [0.5, 0.6) is 0 Å². The van der Waals surface area contributed by atoms with Gasteiger partial charge in [0.05, 0.1) is 12.5 Å². The first kappa shape index (κ1) is 21.8. The first-order valence-electron chi connectivity index (χ1n) is 10.9. The molecule has 0 spiro atoms. The molecule has 1 aliphatic heterocycles. The van der Waals surface area contributed by atoms with Gasteiger partial charge in [0, 0.05) is 35.1 Å². The van der Waals surface area contributed by atoms with Crippen LogP contribution < -0.4 is 0 Å². The Kier molecular flexibility index (Phi) is 6.58. The van der Waals surface area contributed by atoms with Crippen molar-refractivity contribution in [2.75, 3.05) is 19.6 Å². The third-order valence-electron chi connectivity index (χ3n) is 6.18. The van der Waals surface area contributed by atoms with E-state index in [2.05, 4.69) is 38.7 Å². The molecule has 1 aromatic carbocycles. The van der Waals surface area contributed by atoms with Gasteiger partial charge in [0.25, 0.3) is 0 Å². The molecule has 0 amide bonds. The molecule has 7 heteroatoms. The van der Waals surface area contributed by atoms with E-state index >= 15 is 0 Å². The number of ketones is 1. The molecular formula is C24H29ClN4O2. The number of rotatable bonds is 7. The Balaban J connectivity index is 1.40. The minimum Gasteiger partial charge on any atom is -0.348 e. The zero-order chi connectivity index (χ0) is 22.0. The minimum atomic E-state index is 0.174. The van der Waals surface area contributed by atoms with Gasteiger partial charge in [-0.1, -0.05) is 28.9 Å². The number of carbonyl (C=O) groups is 1. The number of nitrogens with zero attached hydrogens (tertiary/aromatic N) is 4. The van der Waals surface area contributed by atoms with Crippen LogP contribution in [0, 0.1) is 20.8 Å². The Morgan fingerprint density at radius 1 is 1.23 bits per heavy atom. The lowest BCUT2D eigenvalue weighted by molar-refractivity contribution is 0.0898. The second-order valence-corrected chi connectivity index (χ2v) is 8.93. The summed E-state index contributed by atoms with van der Waals surface area (Å²) in [6, 6.07) is 9.98. The predicted molar refractivity (Wildman–Crippen MR) is 121 cm³/mol. The first-order valence-corrected chi connectivity index (χ1v) is 11.3. The van der Waals surface area contributed by atoms with Crippen molar-refractivity contribution < 1.29 is 9.32 Å². The maximum absolute atomic E-state index is 13.1. The highest BCUT2D eigenvalue weighted by molar-refractivity contribution is 6.30. The molecule has 1 fully saturated rings. The van der Waals surface area contributed by atoms with Gasteiger partial charge < -0.3 is 9.09 Å². The van der Waals surface area contributed by atoms with Crippen LogP contribution >= 0.6 is 11.6 Å². The van der Waals surface area contributed by atoms with E-state index in [0.29, 0.717) is 18.3 Å². The van der Waals surface area contributed by atoms with Gasteiger partial charge in [0.2, 0.25) is 5.89 Å². The normalized spacial score (nSPS) is 17.2. The van der Waals surface area contributed by atoms with Crippen molar-refractivity contribution >= 4 is 17.4 Å². The molecular weight excluding hydrogens is 412 g/mol. The average molecular weight is 441 g/mol. The van der Waals surface area contributed by atoms with Crippen LogP contribution in [0.2, 0.25) is 5.02 Å². The van der Waals surface area contributed by atoms with Gasteiger partial charge in [0.15, 0.2) is 11.6 Å². The number of hydrogen-bond donors (Lipinski definition) is 0. The maximum Gasteiger partial charge on any atom is 0.231 e. The maximum atomic E-state index is 13.1. The molecule has 1 atom stereocenters. The van der Waals surface area contributed by atoms with Crippen molar-refractivity contribution in [2.45, 2.75) is 52.5 Å². The Bertz CT molecular complexity index is 1050. The highest BCUT2D eigenvalue weighted by atomic mass is 35.5. The number of piperidine rings is 1. The van der Waals surface area contributed by atoms with Crippen molar-refractivity contribution in [1.29, 1.82) is 0 Å². The van der Waals surface area contributed by atoms with Crippen LogP contribution in [0.4, 0.5) is 0 Å². The monoisotopic (exact) mass is 440 g/mol. The molecule has 3 heterocycles. The second kappa shape index (κ2) is 9.37. The Morgan fingerprint density at radius 2 is 2.00 bits per heavy atom. The number of carbonyl (C=O) groups excluding carboxylic acids is 1. The molecule has 31 heavy (non-hydrogen) atoms. The quantitative estimate of drug-likeness (QED) is 0.496. The summed E-state index contributed by atoms with van der Waals surface area (Å²) >= 11 is 5.98. The van der Waals surface area contributed by atoms with Gasteiger partial charge in [0.1, 0.15) is 0 Å². The molecule has 0 aliphatic carbocycles. The molecule has 0 radical (unpaired) electrons. The average Bonchev–Trinajstić information content (AvgIpc) is 3.31. The fourth-order valence-electron chi connectivity index (χ4n) is 4.49. The third-order valence-corrected chi connectivity index (χ3v) is 6.43. The summed E-state index contributed by atoms with van der Waals surface area (Å²) in [4.78, 5) is 19.7. The predicted octanol–water partition coefficient (Wildman–Crippen LogP) is 4.75. The lowest BCUT2D eigenvalue weighted by atomic mass is 9.97. The van der Waals surface area contributed by atoms with E-state index in [-0.39, 0.29) is 11.7 Å². The molecule has 6 nitrogen and oxygen atoms in total. The standard InChI is InChI=1S/C24H29ClN4O2/c1-16-13-22(17(2)29(16)12-10-19-6-8-21(25)9-7-19)23(30)15-28-11-4-5-20(14-28)24-26-18(3)27-31-24/h6-9,13,20H,4-5,10-12,14-15H2,1-3H3. The van der Waals surface area contributed by atoms with Gasteiger partial charge in [-0.15, -0.1) is 0 Å². The van der Waals surface area contributed by atoms with E-state index in [1.807, 2.05) is 32.0 Å². The van der Waals surface area contributed by atoms with E-state index in [4.69, 9.17) is 16.1 Å². The van der Waals surface area contributed by atoms with Crippen LogP contribution in [0.25, 0.3) is 0 Å². The first-order chi connectivity index (χ1) is 14.9. The molecule has 1 aliphatic rings. The van der Waals surface area contributed by atoms with Crippen molar-refractivity contribution in [3.63, 3.8) is 0 Å². The fourth-order valence-corrected chi connectivity index (χ4v) is 4.61. The van der Waals surface area contributed by atoms with Crippen molar-refractivity contribution in [3.8, 4) is 0 Å². The Labute approximate surface area is 188 Å². The lowest BCUT2D eigenvalue weighted by Crippen LogP contribution is -2.38. The molecule has 3 aromatic rings. The highest BCUT2D eigenvalue weighted by Crippen LogP contribution is 2.26. The molecule has 0 saturated carbocycles. The lowest BCUT2D eigenvalue weighted by Gasteiger charge is -2.30. The van der Waals surface area contributed by atoms with E-state index in [9.17, 15) is 4.79 Å². The van der Waals surface area contributed by atoms with Crippen LogP contribution in [-0.2, 0) is 13.0 Å². The molecule has 2 aromatic heterocycles. The molecule has 0 N–H and O–H groups in total.